The maximum absolute atomic E-state index is 12.9. The molecule has 0 fully saturated rings. The summed E-state index contributed by atoms with van der Waals surface area (Å²) in [6.07, 6.45) is 3.31. The summed E-state index contributed by atoms with van der Waals surface area (Å²) in [5.74, 6) is 0.232. The number of aromatic nitrogens is 1. The van der Waals surface area contributed by atoms with Gasteiger partial charge in [0.25, 0.3) is 5.91 Å². The van der Waals surface area contributed by atoms with Crippen molar-refractivity contribution in [2.45, 2.75) is 20.8 Å². The van der Waals surface area contributed by atoms with Gasteiger partial charge < -0.3 is 4.90 Å². The second kappa shape index (κ2) is 7.12. The highest BCUT2D eigenvalue weighted by atomic mass is 35.5. The van der Waals surface area contributed by atoms with Crippen molar-refractivity contribution in [3.8, 4) is 0 Å². The Morgan fingerprint density at radius 3 is 2.41 bits per heavy atom. The molecule has 1 heterocycles. The second-order valence-electron chi connectivity index (χ2n) is 5.63. The first-order valence-electron chi connectivity index (χ1n) is 7.07. The Balaban J connectivity index is 2.46. The molecule has 0 radical (unpaired) electrons. The van der Waals surface area contributed by atoms with Gasteiger partial charge in [-0.1, -0.05) is 37.0 Å². The second-order valence-corrected chi connectivity index (χ2v) is 6.50. The van der Waals surface area contributed by atoms with Crippen molar-refractivity contribution in [3.63, 3.8) is 0 Å². The summed E-state index contributed by atoms with van der Waals surface area (Å²) in [4.78, 5) is 18.7. The Hall–Kier alpha value is -1.58. The molecule has 2 aromatic rings. The van der Waals surface area contributed by atoms with Gasteiger partial charge in [-0.2, -0.15) is 0 Å². The van der Waals surface area contributed by atoms with E-state index < -0.39 is 0 Å². The molecule has 5 heteroatoms. The summed E-state index contributed by atoms with van der Waals surface area (Å²) in [5, 5.41) is 1.02. The summed E-state index contributed by atoms with van der Waals surface area (Å²) < 4.78 is 0. The number of amides is 1. The molecule has 0 N–H and O–H groups in total. The normalized spacial score (nSPS) is 10.8. The maximum atomic E-state index is 12.9. The van der Waals surface area contributed by atoms with Gasteiger partial charge in [0.1, 0.15) is 0 Å². The van der Waals surface area contributed by atoms with Crippen LogP contribution in [-0.4, -0.2) is 17.4 Å². The first kappa shape index (κ1) is 16.8. The Morgan fingerprint density at radius 2 is 1.86 bits per heavy atom. The van der Waals surface area contributed by atoms with E-state index in [1.165, 1.54) is 0 Å². The van der Waals surface area contributed by atoms with Crippen LogP contribution >= 0.6 is 23.2 Å². The van der Waals surface area contributed by atoms with Gasteiger partial charge in [-0.3, -0.25) is 9.78 Å². The van der Waals surface area contributed by atoms with Gasteiger partial charge in [0.15, 0.2) is 0 Å². The molecule has 22 heavy (non-hydrogen) atoms. The van der Waals surface area contributed by atoms with Crippen molar-refractivity contribution in [1.29, 1.82) is 0 Å². The van der Waals surface area contributed by atoms with Crippen LogP contribution in [0.2, 0.25) is 10.0 Å². The van der Waals surface area contributed by atoms with Crippen molar-refractivity contribution in [3.05, 3.63) is 57.8 Å². The van der Waals surface area contributed by atoms with Crippen molar-refractivity contribution in [2.75, 3.05) is 11.4 Å². The van der Waals surface area contributed by atoms with Gasteiger partial charge in [-0.25, -0.2) is 0 Å². The van der Waals surface area contributed by atoms with Gasteiger partial charge in [0.2, 0.25) is 0 Å². The zero-order valence-corrected chi connectivity index (χ0v) is 14.3. The minimum absolute atomic E-state index is 0.0769. The van der Waals surface area contributed by atoms with Crippen molar-refractivity contribution in [2.24, 2.45) is 5.92 Å². The lowest BCUT2D eigenvalue weighted by Crippen LogP contribution is -2.34. The lowest BCUT2D eigenvalue weighted by Gasteiger charge is -2.26. The number of carbonyl (C=O) groups is 1. The van der Waals surface area contributed by atoms with E-state index in [-0.39, 0.29) is 5.91 Å². The molecule has 0 spiro atoms. The SMILES string of the molecule is Cc1cnccc1C(=O)N(CC(C)C)c1cc(Cl)cc(Cl)c1. The van der Waals surface area contributed by atoms with Gasteiger partial charge >= 0.3 is 0 Å². The largest absolute Gasteiger partial charge is 0.308 e. The van der Waals surface area contributed by atoms with Gasteiger partial charge in [0, 0.05) is 40.2 Å². The number of nitrogens with zero attached hydrogens (tertiary/aromatic N) is 2. The highest BCUT2D eigenvalue weighted by Gasteiger charge is 2.21. The molecule has 0 saturated carbocycles. The van der Waals surface area contributed by atoms with Crippen LogP contribution in [0.5, 0.6) is 0 Å². The molecule has 0 aliphatic rings. The van der Waals surface area contributed by atoms with E-state index >= 15 is 0 Å². The van der Waals surface area contributed by atoms with Crippen molar-refractivity contribution in [1.82, 2.24) is 4.98 Å². The number of benzene rings is 1. The number of hydrogen-bond acceptors (Lipinski definition) is 2. The first-order chi connectivity index (χ1) is 10.4. The van der Waals surface area contributed by atoms with Crippen LogP contribution in [0.4, 0.5) is 5.69 Å². The van der Waals surface area contributed by atoms with Crippen LogP contribution in [-0.2, 0) is 0 Å². The summed E-state index contributed by atoms with van der Waals surface area (Å²) in [6.45, 7) is 6.58. The smallest absolute Gasteiger partial charge is 0.258 e. The molecule has 0 saturated heterocycles. The van der Waals surface area contributed by atoms with Crippen LogP contribution in [0.1, 0.15) is 29.8 Å². The summed E-state index contributed by atoms with van der Waals surface area (Å²) in [6, 6.07) is 6.90. The maximum Gasteiger partial charge on any atom is 0.258 e. The molecule has 116 valence electrons. The van der Waals surface area contributed by atoms with Crippen LogP contribution in [0, 0.1) is 12.8 Å². The number of hydrogen-bond donors (Lipinski definition) is 0. The van der Waals surface area contributed by atoms with E-state index in [1.807, 2.05) is 6.92 Å². The van der Waals surface area contributed by atoms with Crippen LogP contribution in [0.25, 0.3) is 0 Å². The fourth-order valence-corrected chi connectivity index (χ4v) is 2.74. The molecule has 0 atom stereocenters. The molecule has 0 unspecified atom stereocenters. The Bertz CT molecular complexity index is 666. The van der Waals surface area contributed by atoms with Crippen LogP contribution in [0.15, 0.2) is 36.7 Å². The Kier molecular flexibility index (Phi) is 5.43. The summed E-state index contributed by atoms with van der Waals surface area (Å²) in [5.41, 5.74) is 2.17. The molecule has 1 amide bonds. The van der Waals surface area contributed by atoms with Crippen LogP contribution in [0.3, 0.4) is 0 Å². The number of anilines is 1. The Morgan fingerprint density at radius 1 is 1.23 bits per heavy atom. The third-order valence-corrected chi connectivity index (χ3v) is 3.64. The van der Waals surface area contributed by atoms with Crippen molar-refractivity contribution < 1.29 is 4.79 Å². The summed E-state index contributed by atoms with van der Waals surface area (Å²) in [7, 11) is 0. The molecule has 3 nitrogen and oxygen atoms in total. The zero-order valence-electron chi connectivity index (χ0n) is 12.8. The highest BCUT2D eigenvalue weighted by Crippen LogP contribution is 2.27. The highest BCUT2D eigenvalue weighted by molar-refractivity contribution is 6.35. The van der Waals surface area contributed by atoms with Gasteiger partial charge in [-0.05, 0) is 42.7 Å². The van der Waals surface area contributed by atoms with E-state index in [0.29, 0.717) is 33.8 Å². The topological polar surface area (TPSA) is 33.2 Å². The molecule has 2 rings (SSSR count). The molecular weight excluding hydrogens is 319 g/mol. The molecule has 1 aromatic heterocycles. The van der Waals surface area contributed by atoms with Gasteiger partial charge in [0.05, 0.1) is 0 Å². The monoisotopic (exact) mass is 336 g/mol. The lowest BCUT2D eigenvalue weighted by atomic mass is 10.1. The number of pyridine rings is 1. The third-order valence-electron chi connectivity index (χ3n) is 3.20. The standard InChI is InChI=1S/C17H18Cl2N2O/c1-11(2)10-21(15-7-13(18)6-14(19)8-15)17(22)16-4-5-20-9-12(16)3/h4-9,11H,10H2,1-3H3. The van der Waals surface area contributed by atoms with Crippen LogP contribution < -0.4 is 4.90 Å². The molecule has 0 bridgehead atoms. The predicted octanol–water partition coefficient (Wildman–Crippen LogP) is 5.00. The lowest BCUT2D eigenvalue weighted by molar-refractivity contribution is 0.0983. The predicted molar refractivity (Wildman–Crippen MR) is 92.0 cm³/mol. The fraction of sp³-hybridized carbons (Fsp3) is 0.294. The number of rotatable bonds is 4. The first-order valence-corrected chi connectivity index (χ1v) is 7.82. The average Bonchev–Trinajstić information content (AvgIpc) is 2.43. The fourth-order valence-electron chi connectivity index (χ4n) is 2.22. The molecule has 0 aliphatic carbocycles. The molecule has 0 aliphatic heterocycles. The van der Waals surface area contributed by atoms with Gasteiger partial charge in [-0.15, -0.1) is 0 Å². The molecule has 1 aromatic carbocycles. The van der Waals surface area contributed by atoms with E-state index in [9.17, 15) is 4.79 Å². The number of carbonyl (C=O) groups excluding carboxylic acids is 1. The van der Waals surface area contributed by atoms with E-state index in [4.69, 9.17) is 23.2 Å². The minimum Gasteiger partial charge on any atom is -0.308 e. The Labute approximate surface area is 140 Å². The van der Waals surface area contributed by atoms with Crippen molar-refractivity contribution >= 4 is 34.8 Å². The summed E-state index contributed by atoms with van der Waals surface area (Å²) >= 11 is 12.2. The third kappa shape index (κ3) is 3.99. The number of aryl methyl sites for hydroxylation is 1. The minimum atomic E-state index is -0.0769. The molecular formula is C17H18Cl2N2O. The quantitative estimate of drug-likeness (QED) is 0.787. The average molecular weight is 337 g/mol. The number of halogens is 2. The van der Waals surface area contributed by atoms with E-state index in [2.05, 4.69) is 18.8 Å². The van der Waals surface area contributed by atoms with E-state index in [0.717, 1.165) is 5.56 Å². The van der Waals surface area contributed by atoms with E-state index in [1.54, 1.807) is 41.6 Å². The zero-order chi connectivity index (χ0) is 16.3.